The minimum absolute atomic E-state index is 0.158. The molecule has 26 heavy (non-hydrogen) atoms. The van der Waals surface area contributed by atoms with E-state index in [1.54, 1.807) is 6.92 Å². The van der Waals surface area contributed by atoms with Crippen molar-refractivity contribution in [3.05, 3.63) is 24.0 Å². The second-order valence-corrected chi connectivity index (χ2v) is 7.72. The molecule has 6 nitrogen and oxygen atoms in total. The van der Waals surface area contributed by atoms with Crippen LogP contribution in [0.2, 0.25) is 0 Å². The summed E-state index contributed by atoms with van der Waals surface area (Å²) in [5.74, 6) is 0.476. The van der Waals surface area contributed by atoms with E-state index in [2.05, 4.69) is 21.0 Å². The Morgan fingerprint density at radius 3 is 2.88 bits per heavy atom. The zero-order chi connectivity index (χ0) is 17.9. The summed E-state index contributed by atoms with van der Waals surface area (Å²) in [6.07, 6.45) is 9.51. The van der Waals surface area contributed by atoms with Crippen LogP contribution < -0.4 is 5.32 Å². The third-order valence-electron chi connectivity index (χ3n) is 5.92. The molecule has 0 aromatic carbocycles. The monoisotopic (exact) mass is 355 g/mol. The van der Waals surface area contributed by atoms with E-state index in [0.29, 0.717) is 12.0 Å². The number of amides is 1. The molecule has 2 aliphatic rings. The van der Waals surface area contributed by atoms with Crippen LogP contribution in [0.1, 0.15) is 57.1 Å². The van der Waals surface area contributed by atoms with E-state index in [9.17, 15) is 4.79 Å². The van der Waals surface area contributed by atoms with Gasteiger partial charge >= 0.3 is 0 Å². The molecule has 1 aliphatic heterocycles. The average molecular weight is 355 g/mol. The van der Waals surface area contributed by atoms with Crippen LogP contribution >= 0.6 is 0 Å². The summed E-state index contributed by atoms with van der Waals surface area (Å²) in [7, 11) is 0. The van der Waals surface area contributed by atoms with Crippen LogP contribution in [0.3, 0.4) is 0 Å². The van der Waals surface area contributed by atoms with Crippen LogP contribution in [-0.4, -0.2) is 51.2 Å². The fraction of sp³-hybridized carbons (Fsp3) is 0.650. The van der Waals surface area contributed by atoms with Gasteiger partial charge < -0.3 is 10.2 Å². The summed E-state index contributed by atoms with van der Waals surface area (Å²) < 4.78 is 2.05. The molecular weight excluding hydrogens is 326 g/mol. The van der Waals surface area contributed by atoms with Crippen molar-refractivity contribution in [2.24, 2.45) is 0 Å². The van der Waals surface area contributed by atoms with Gasteiger partial charge in [0, 0.05) is 50.1 Å². The normalized spacial score (nSPS) is 21.6. The Labute approximate surface area is 155 Å². The summed E-state index contributed by atoms with van der Waals surface area (Å²) in [6.45, 7) is 5.03. The van der Waals surface area contributed by atoms with Gasteiger partial charge in [0.25, 0.3) is 0 Å². The smallest absolute Gasteiger partial charge is 0.219 e. The fourth-order valence-electron chi connectivity index (χ4n) is 4.44. The molecule has 4 rings (SSSR count). The lowest BCUT2D eigenvalue weighted by Crippen LogP contribution is -2.33. The first kappa shape index (κ1) is 17.5. The van der Waals surface area contributed by atoms with Crippen molar-refractivity contribution >= 4 is 16.9 Å². The van der Waals surface area contributed by atoms with E-state index in [4.69, 9.17) is 5.10 Å². The highest BCUT2D eigenvalue weighted by Gasteiger charge is 2.29. The topological polar surface area (TPSA) is 63.1 Å². The van der Waals surface area contributed by atoms with Crippen molar-refractivity contribution in [3.63, 3.8) is 0 Å². The largest absolute Gasteiger partial charge is 0.342 e. The van der Waals surface area contributed by atoms with E-state index >= 15 is 0 Å². The summed E-state index contributed by atoms with van der Waals surface area (Å²) in [5, 5.41) is 9.76. The number of aromatic nitrogens is 3. The molecule has 1 aliphatic carbocycles. The van der Waals surface area contributed by atoms with Crippen LogP contribution in [-0.2, 0) is 11.3 Å². The Kier molecular flexibility index (Phi) is 5.20. The Morgan fingerprint density at radius 2 is 2.12 bits per heavy atom. The maximum atomic E-state index is 11.7. The van der Waals surface area contributed by atoms with Crippen molar-refractivity contribution in [3.8, 4) is 0 Å². The predicted octanol–water partition coefficient (Wildman–Crippen LogP) is 2.69. The first-order valence-corrected chi connectivity index (χ1v) is 10.0. The SMILES string of the molecule is CC(=O)N1CCC(c2nn(CCNC3CCCCC3)c3ncccc23)C1. The number of pyridine rings is 1. The Bertz CT molecular complexity index is 765. The van der Waals surface area contributed by atoms with Gasteiger partial charge in [-0.2, -0.15) is 5.10 Å². The number of carbonyl (C=O) groups is 1. The molecule has 1 saturated heterocycles. The molecule has 6 heteroatoms. The number of carbonyl (C=O) groups excluding carboxylic acids is 1. The number of rotatable bonds is 5. The van der Waals surface area contributed by atoms with Crippen LogP contribution in [0.5, 0.6) is 0 Å². The number of likely N-dealkylation sites (tertiary alicyclic amines) is 1. The van der Waals surface area contributed by atoms with Gasteiger partial charge in [0.2, 0.25) is 5.91 Å². The standard InChI is InChI=1S/C20H29N5O/c1-15(26)24-12-9-16(14-24)19-18-8-5-10-22-20(18)25(23-19)13-11-21-17-6-3-2-4-7-17/h5,8,10,16-17,21H,2-4,6-7,9,11-14H2,1H3. The highest BCUT2D eigenvalue weighted by Crippen LogP contribution is 2.31. The fourth-order valence-corrected chi connectivity index (χ4v) is 4.44. The van der Waals surface area contributed by atoms with Crippen LogP contribution in [0, 0.1) is 0 Å². The number of hydrogen-bond acceptors (Lipinski definition) is 4. The minimum Gasteiger partial charge on any atom is -0.342 e. The first-order chi connectivity index (χ1) is 12.7. The Hall–Kier alpha value is -1.95. The lowest BCUT2D eigenvalue weighted by molar-refractivity contribution is -0.127. The molecule has 1 N–H and O–H groups in total. The van der Waals surface area contributed by atoms with Gasteiger partial charge in [-0.1, -0.05) is 19.3 Å². The zero-order valence-corrected chi connectivity index (χ0v) is 15.7. The molecule has 1 unspecified atom stereocenters. The summed E-state index contributed by atoms with van der Waals surface area (Å²) >= 11 is 0. The number of fused-ring (bicyclic) bond motifs is 1. The molecule has 2 aromatic rings. The highest BCUT2D eigenvalue weighted by atomic mass is 16.2. The summed E-state index contributed by atoms with van der Waals surface area (Å²) in [6, 6.07) is 4.76. The second kappa shape index (κ2) is 7.74. The second-order valence-electron chi connectivity index (χ2n) is 7.72. The van der Waals surface area contributed by atoms with Crippen molar-refractivity contribution in [2.45, 2.75) is 64.0 Å². The molecular formula is C20H29N5O. The van der Waals surface area contributed by atoms with Crippen molar-refractivity contribution in [2.75, 3.05) is 19.6 Å². The van der Waals surface area contributed by atoms with E-state index in [1.807, 2.05) is 17.2 Å². The maximum Gasteiger partial charge on any atom is 0.219 e. The summed E-state index contributed by atoms with van der Waals surface area (Å²) in [4.78, 5) is 18.2. The zero-order valence-electron chi connectivity index (χ0n) is 15.7. The maximum absolute atomic E-state index is 11.7. The quantitative estimate of drug-likeness (QED) is 0.896. The van der Waals surface area contributed by atoms with Crippen LogP contribution in [0.25, 0.3) is 11.0 Å². The van der Waals surface area contributed by atoms with Crippen molar-refractivity contribution in [1.82, 2.24) is 25.0 Å². The molecule has 1 saturated carbocycles. The molecule has 2 aromatic heterocycles. The van der Waals surface area contributed by atoms with Gasteiger partial charge in [0.05, 0.1) is 12.2 Å². The van der Waals surface area contributed by atoms with Crippen molar-refractivity contribution in [1.29, 1.82) is 0 Å². The van der Waals surface area contributed by atoms with E-state index in [0.717, 1.165) is 49.3 Å². The third-order valence-corrected chi connectivity index (χ3v) is 5.92. The van der Waals surface area contributed by atoms with Gasteiger partial charge in [-0.3, -0.25) is 4.79 Å². The molecule has 140 valence electrons. The van der Waals surface area contributed by atoms with Crippen LogP contribution in [0.4, 0.5) is 0 Å². The van der Waals surface area contributed by atoms with E-state index in [-0.39, 0.29) is 5.91 Å². The summed E-state index contributed by atoms with van der Waals surface area (Å²) in [5.41, 5.74) is 2.07. The lowest BCUT2D eigenvalue weighted by atomic mass is 9.95. The van der Waals surface area contributed by atoms with Gasteiger partial charge in [-0.05, 0) is 31.4 Å². The van der Waals surface area contributed by atoms with E-state index < -0.39 is 0 Å². The van der Waals surface area contributed by atoms with Crippen molar-refractivity contribution < 1.29 is 4.79 Å². The molecule has 3 heterocycles. The predicted molar refractivity (Wildman–Crippen MR) is 102 cm³/mol. The Morgan fingerprint density at radius 1 is 1.27 bits per heavy atom. The number of nitrogens with one attached hydrogen (secondary N) is 1. The third kappa shape index (κ3) is 3.61. The average Bonchev–Trinajstić information content (AvgIpc) is 3.28. The van der Waals surface area contributed by atoms with Crippen LogP contribution in [0.15, 0.2) is 18.3 Å². The molecule has 1 atom stereocenters. The molecule has 0 bridgehead atoms. The Balaban J connectivity index is 1.48. The first-order valence-electron chi connectivity index (χ1n) is 10.0. The molecule has 0 spiro atoms. The van der Waals surface area contributed by atoms with Gasteiger partial charge in [0.1, 0.15) is 0 Å². The highest BCUT2D eigenvalue weighted by molar-refractivity contribution is 5.79. The number of hydrogen-bond donors (Lipinski definition) is 1. The van der Waals surface area contributed by atoms with Gasteiger partial charge in [-0.15, -0.1) is 0 Å². The molecule has 1 amide bonds. The molecule has 0 radical (unpaired) electrons. The van der Waals surface area contributed by atoms with E-state index in [1.165, 1.54) is 32.1 Å². The molecule has 2 fully saturated rings. The minimum atomic E-state index is 0.158. The number of nitrogens with zero attached hydrogens (tertiary/aromatic N) is 4. The van der Waals surface area contributed by atoms with Gasteiger partial charge in [-0.25, -0.2) is 9.67 Å². The lowest BCUT2D eigenvalue weighted by Gasteiger charge is -2.22. The van der Waals surface area contributed by atoms with Gasteiger partial charge in [0.15, 0.2) is 5.65 Å².